The molecule has 0 aliphatic rings. The molecule has 1 N–H and O–H groups in total. The predicted octanol–water partition coefficient (Wildman–Crippen LogP) is 6.40. The summed E-state index contributed by atoms with van der Waals surface area (Å²) < 4.78 is 7.79. The summed E-state index contributed by atoms with van der Waals surface area (Å²) in [5.74, 6) is 1.13. The van der Waals surface area contributed by atoms with Crippen molar-refractivity contribution >= 4 is 69.1 Å². The zero-order chi connectivity index (χ0) is 21.3. The molecule has 2 aromatic heterocycles. The van der Waals surface area contributed by atoms with E-state index in [-0.39, 0.29) is 11.7 Å². The molecule has 0 radical (unpaired) electrons. The third-order valence-electron chi connectivity index (χ3n) is 4.21. The van der Waals surface area contributed by atoms with E-state index in [0.29, 0.717) is 49.6 Å². The molecular formula is C20H15Cl3N4O2S. The van der Waals surface area contributed by atoms with Gasteiger partial charge in [0.15, 0.2) is 10.9 Å². The van der Waals surface area contributed by atoms with Crippen LogP contribution in [0.25, 0.3) is 22.6 Å². The van der Waals surface area contributed by atoms with Crippen LogP contribution in [0.1, 0.15) is 6.92 Å². The smallest absolute Gasteiger partial charge is 0.234 e. The number of fused-ring (bicyclic) bond motifs is 1. The van der Waals surface area contributed by atoms with Gasteiger partial charge in [0.1, 0.15) is 5.58 Å². The molecule has 0 fully saturated rings. The van der Waals surface area contributed by atoms with Crippen molar-refractivity contribution in [3.05, 3.63) is 57.5 Å². The molecule has 0 saturated carbocycles. The number of nitrogens with one attached hydrogen (secondary N) is 1. The molecule has 4 rings (SSSR count). The summed E-state index contributed by atoms with van der Waals surface area (Å²) in [6, 6.07) is 12.2. The van der Waals surface area contributed by atoms with E-state index >= 15 is 0 Å². The van der Waals surface area contributed by atoms with Crippen LogP contribution in [0.4, 0.5) is 5.69 Å². The van der Waals surface area contributed by atoms with Gasteiger partial charge in [-0.1, -0.05) is 46.6 Å². The maximum Gasteiger partial charge on any atom is 0.234 e. The maximum atomic E-state index is 12.3. The first-order chi connectivity index (χ1) is 14.4. The van der Waals surface area contributed by atoms with Crippen LogP contribution in [-0.4, -0.2) is 26.4 Å². The molecule has 0 saturated heterocycles. The lowest BCUT2D eigenvalue weighted by Crippen LogP contribution is -2.14. The molecule has 6 nitrogen and oxygen atoms in total. The van der Waals surface area contributed by atoms with Crippen molar-refractivity contribution < 1.29 is 9.21 Å². The summed E-state index contributed by atoms with van der Waals surface area (Å²) in [5.41, 5.74) is 1.26. The number of carbonyl (C=O) groups is 1. The largest absolute Gasteiger partial charge is 0.453 e. The van der Waals surface area contributed by atoms with E-state index in [9.17, 15) is 4.79 Å². The number of aromatic nitrogens is 3. The lowest BCUT2D eigenvalue weighted by molar-refractivity contribution is -0.113. The molecule has 2 aromatic carbocycles. The molecule has 4 aromatic rings. The minimum atomic E-state index is -0.205. The monoisotopic (exact) mass is 480 g/mol. The Morgan fingerprint density at radius 3 is 2.57 bits per heavy atom. The molecule has 154 valence electrons. The van der Waals surface area contributed by atoms with E-state index in [1.807, 2.05) is 29.7 Å². The molecule has 0 atom stereocenters. The standard InChI is InChI=1S/C20H15Cl3N4O2S/c1-2-27-19(17-6-11-5-12(21)3-4-16(11)29-17)25-26-20(27)30-10-18(28)24-15-8-13(22)7-14(23)9-15/h3-9H,2,10H2,1H3,(H,24,28). The fraction of sp³-hybridized carbons (Fsp3) is 0.150. The minimum Gasteiger partial charge on any atom is -0.453 e. The average molecular weight is 482 g/mol. The van der Waals surface area contributed by atoms with Crippen molar-refractivity contribution in [3.63, 3.8) is 0 Å². The Hall–Kier alpha value is -2.19. The SMILES string of the molecule is CCn1c(SCC(=O)Nc2cc(Cl)cc(Cl)c2)nnc1-c1cc2cc(Cl)ccc2o1. The molecule has 0 aliphatic carbocycles. The summed E-state index contributed by atoms with van der Waals surface area (Å²) in [4.78, 5) is 12.3. The van der Waals surface area contributed by atoms with Gasteiger partial charge in [0.25, 0.3) is 0 Å². The Morgan fingerprint density at radius 2 is 1.83 bits per heavy atom. The van der Waals surface area contributed by atoms with E-state index in [1.54, 1.807) is 24.3 Å². The zero-order valence-electron chi connectivity index (χ0n) is 15.7. The molecule has 0 bridgehead atoms. The van der Waals surface area contributed by atoms with Crippen LogP contribution < -0.4 is 5.32 Å². The average Bonchev–Trinajstić information content (AvgIpc) is 3.28. The van der Waals surface area contributed by atoms with Crippen molar-refractivity contribution in [3.8, 4) is 11.6 Å². The molecule has 30 heavy (non-hydrogen) atoms. The Kier molecular flexibility index (Phi) is 6.24. The second kappa shape index (κ2) is 8.89. The first kappa shape index (κ1) is 21.1. The van der Waals surface area contributed by atoms with Crippen LogP contribution in [0, 0.1) is 0 Å². The molecule has 10 heteroatoms. The summed E-state index contributed by atoms with van der Waals surface area (Å²) in [7, 11) is 0. The number of nitrogens with zero attached hydrogens (tertiary/aromatic N) is 3. The number of benzene rings is 2. The van der Waals surface area contributed by atoms with Gasteiger partial charge in [-0.15, -0.1) is 10.2 Å². The number of halogens is 3. The number of carbonyl (C=O) groups excluding carboxylic acids is 1. The van der Waals surface area contributed by atoms with Crippen LogP contribution in [0.15, 0.2) is 52.0 Å². The summed E-state index contributed by atoms with van der Waals surface area (Å²) in [6.45, 7) is 2.60. The molecule has 1 amide bonds. The van der Waals surface area contributed by atoms with Crippen molar-refractivity contribution in [2.45, 2.75) is 18.6 Å². The van der Waals surface area contributed by atoms with Crippen LogP contribution in [0.2, 0.25) is 15.1 Å². The van der Waals surface area contributed by atoms with Gasteiger partial charge >= 0.3 is 0 Å². The number of hydrogen-bond acceptors (Lipinski definition) is 5. The van der Waals surface area contributed by atoms with E-state index < -0.39 is 0 Å². The number of amides is 1. The van der Waals surface area contributed by atoms with E-state index in [4.69, 9.17) is 39.2 Å². The molecule has 0 spiro atoms. The molecule has 0 aliphatic heterocycles. The highest BCUT2D eigenvalue weighted by Gasteiger charge is 2.18. The fourth-order valence-electron chi connectivity index (χ4n) is 2.94. The highest BCUT2D eigenvalue weighted by molar-refractivity contribution is 7.99. The third kappa shape index (κ3) is 4.59. The van der Waals surface area contributed by atoms with Gasteiger partial charge in [0.2, 0.25) is 11.7 Å². The number of hydrogen-bond donors (Lipinski definition) is 1. The van der Waals surface area contributed by atoms with Gasteiger partial charge in [0.05, 0.1) is 5.75 Å². The van der Waals surface area contributed by atoms with Gasteiger partial charge < -0.3 is 9.73 Å². The molecule has 2 heterocycles. The van der Waals surface area contributed by atoms with E-state index in [1.165, 1.54) is 11.8 Å². The highest BCUT2D eigenvalue weighted by Crippen LogP contribution is 2.31. The van der Waals surface area contributed by atoms with Crippen LogP contribution in [0.5, 0.6) is 0 Å². The molecular weight excluding hydrogens is 467 g/mol. The normalized spacial score (nSPS) is 11.2. The second-order valence-electron chi connectivity index (χ2n) is 6.34. The van der Waals surface area contributed by atoms with Crippen molar-refractivity contribution in [1.82, 2.24) is 14.8 Å². The Bertz CT molecular complexity index is 1220. The van der Waals surface area contributed by atoms with Crippen molar-refractivity contribution in [1.29, 1.82) is 0 Å². The summed E-state index contributed by atoms with van der Waals surface area (Å²) >= 11 is 19.3. The van der Waals surface area contributed by atoms with Crippen LogP contribution >= 0.6 is 46.6 Å². The van der Waals surface area contributed by atoms with Gasteiger partial charge in [-0.2, -0.15) is 0 Å². The Morgan fingerprint density at radius 1 is 1.07 bits per heavy atom. The van der Waals surface area contributed by atoms with Crippen LogP contribution in [0.3, 0.4) is 0 Å². The quantitative estimate of drug-likeness (QED) is 0.322. The number of furan rings is 1. The van der Waals surface area contributed by atoms with Gasteiger partial charge in [-0.3, -0.25) is 9.36 Å². The van der Waals surface area contributed by atoms with Gasteiger partial charge in [0, 0.05) is 32.7 Å². The lowest BCUT2D eigenvalue weighted by atomic mass is 10.2. The topological polar surface area (TPSA) is 73.0 Å². The third-order valence-corrected chi connectivity index (χ3v) is 5.85. The van der Waals surface area contributed by atoms with E-state index in [0.717, 1.165) is 5.39 Å². The van der Waals surface area contributed by atoms with Gasteiger partial charge in [-0.25, -0.2) is 0 Å². The first-order valence-corrected chi connectivity index (χ1v) is 11.1. The Labute approximate surface area is 191 Å². The number of thioether (sulfide) groups is 1. The predicted molar refractivity (Wildman–Crippen MR) is 122 cm³/mol. The van der Waals surface area contributed by atoms with Crippen LogP contribution in [-0.2, 0) is 11.3 Å². The van der Waals surface area contributed by atoms with Crippen molar-refractivity contribution in [2.24, 2.45) is 0 Å². The minimum absolute atomic E-state index is 0.151. The fourth-order valence-corrected chi connectivity index (χ4v) is 4.45. The Balaban J connectivity index is 1.49. The van der Waals surface area contributed by atoms with Gasteiger partial charge in [-0.05, 0) is 49.4 Å². The number of anilines is 1. The first-order valence-electron chi connectivity index (χ1n) is 8.94. The summed E-state index contributed by atoms with van der Waals surface area (Å²) in [5, 5.41) is 14.3. The maximum absolute atomic E-state index is 12.3. The second-order valence-corrected chi connectivity index (χ2v) is 8.59. The zero-order valence-corrected chi connectivity index (χ0v) is 18.7. The summed E-state index contributed by atoms with van der Waals surface area (Å²) in [6.07, 6.45) is 0. The van der Waals surface area contributed by atoms with Crippen molar-refractivity contribution in [2.75, 3.05) is 11.1 Å². The number of rotatable bonds is 6. The van der Waals surface area contributed by atoms with E-state index in [2.05, 4.69) is 15.5 Å². The lowest BCUT2D eigenvalue weighted by Gasteiger charge is -2.07. The highest BCUT2D eigenvalue weighted by atomic mass is 35.5. The molecule has 0 unspecified atom stereocenters.